The van der Waals surface area contributed by atoms with Crippen LogP contribution in [0.3, 0.4) is 0 Å². The van der Waals surface area contributed by atoms with E-state index in [1.807, 2.05) is 0 Å². The molecule has 5 N–H and O–H groups in total. The molecule has 3 rings (SSSR count). The van der Waals surface area contributed by atoms with E-state index in [0.717, 1.165) is 17.6 Å². The van der Waals surface area contributed by atoms with Gasteiger partial charge in [0.05, 0.1) is 6.08 Å². The Kier molecular flexibility index (Phi) is 5.75. The van der Waals surface area contributed by atoms with E-state index in [1.165, 1.54) is 5.38 Å². The number of anilines is 1. The maximum Gasteiger partial charge on any atom is 0.418 e. The Bertz CT molecular complexity index is 1040. The Morgan fingerprint density at radius 2 is 2.17 bits per heavy atom. The number of nitrogens with zero attached hydrogens (tertiary/aromatic N) is 3. The molecule has 1 unspecified atom stereocenters. The second kappa shape index (κ2) is 7.98. The van der Waals surface area contributed by atoms with Gasteiger partial charge in [-0.2, -0.15) is 13.5 Å². The molecule has 1 saturated heterocycles. The van der Waals surface area contributed by atoms with Gasteiger partial charge in [-0.15, -0.1) is 15.6 Å². The van der Waals surface area contributed by atoms with Gasteiger partial charge in [0.1, 0.15) is 23.5 Å². The van der Waals surface area contributed by atoms with Crippen LogP contribution in [-0.2, 0) is 33.9 Å². The Hall–Kier alpha value is -3.08. The van der Waals surface area contributed by atoms with E-state index in [4.69, 9.17) is 15.4 Å². The standard InChI is InChI=1S/C14H15N5O9S2/c15-13-16-7(6-29-13)9(18-27-5-2-8(20)21)11(22)17-10-12(23)19(28-30(24,25)26)14(10)3-1-4-14/h2,5-6,10H,1,3-4H2,(H2,15,16)(H,17,22)(H,20,21)(H,24,25,26)/b5-2-,18-9?. The smallest absolute Gasteiger partial charge is 0.418 e. The summed E-state index contributed by atoms with van der Waals surface area (Å²) in [5.74, 6) is -3.09. The van der Waals surface area contributed by atoms with Crippen LogP contribution in [0, 0.1) is 0 Å². The third kappa shape index (κ3) is 4.25. The SMILES string of the molecule is Nc1nc(C(=NO/C=C\C(=O)O)C(=O)NC2C(=O)N(OS(=O)(=O)O)C23CCC3)cs1. The molecule has 30 heavy (non-hydrogen) atoms. The van der Waals surface area contributed by atoms with Crippen LogP contribution in [-0.4, -0.2) is 63.2 Å². The third-order valence-electron chi connectivity index (χ3n) is 4.45. The summed E-state index contributed by atoms with van der Waals surface area (Å²) in [5.41, 5.74) is 4.05. The van der Waals surface area contributed by atoms with E-state index >= 15 is 0 Å². The molecule has 1 atom stereocenters. The molecule has 0 bridgehead atoms. The van der Waals surface area contributed by atoms with Gasteiger partial charge in [0.25, 0.3) is 11.8 Å². The lowest BCUT2D eigenvalue weighted by atomic mass is 9.65. The molecule has 162 valence electrons. The molecule has 1 spiro atoms. The molecule has 1 saturated carbocycles. The first kappa shape index (κ1) is 21.6. The lowest BCUT2D eigenvalue weighted by Crippen LogP contribution is -2.81. The normalized spacial score (nSPS) is 20.7. The summed E-state index contributed by atoms with van der Waals surface area (Å²) in [6.07, 6.45) is 2.64. The number of hydrogen-bond acceptors (Lipinski definition) is 11. The van der Waals surface area contributed by atoms with E-state index < -0.39 is 45.5 Å². The number of carboxylic acid groups (broad SMARTS) is 1. The number of nitrogens with one attached hydrogen (secondary N) is 1. The van der Waals surface area contributed by atoms with Gasteiger partial charge < -0.3 is 21.0 Å². The van der Waals surface area contributed by atoms with Crippen LogP contribution in [0.4, 0.5) is 5.13 Å². The Morgan fingerprint density at radius 3 is 2.67 bits per heavy atom. The fourth-order valence-electron chi connectivity index (χ4n) is 3.02. The molecule has 2 amide bonds. The zero-order valence-corrected chi connectivity index (χ0v) is 16.6. The number of nitrogens with two attached hydrogens (primary N) is 1. The third-order valence-corrected chi connectivity index (χ3v) is 5.46. The number of hydroxylamine groups is 2. The number of rotatable bonds is 8. The Morgan fingerprint density at radius 1 is 1.47 bits per heavy atom. The van der Waals surface area contributed by atoms with Crippen LogP contribution in [0.15, 0.2) is 22.9 Å². The number of carboxylic acids is 1. The number of nitrogen functional groups attached to an aromatic ring is 1. The van der Waals surface area contributed by atoms with Crippen LogP contribution >= 0.6 is 11.3 Å². The molecule has 16 heteroatoms. The highest BCUT2D eigenvalue weighted by Crippen LogP contribution is 2.48. The minimum atomic E-state index is -4.92. The van der Waals surface area contributed by atoms with Crippen LogP contribution in [0.2, 0.25) is 0 Å². The summed E-state index contributed by atoms with van der Waals surface area (Å²) in [7, 11) is -4.92. The van der Waals surface area contributed by atoms with Gasteiger partial charge >= 0.3 is 16.4 Å². The summed E-state index contributed by atoms with van der Waals surface area (Å²) in [4.78, 5) is 44.1. The highest BCUT2D eigenvalue weighted by Gasteiger charge is 2.66. The van der Waals surface area contributed by atoms with E-state index in [0.29, 0.717) is 30.4 Å². The number of thiazole rings is 1. The van der Waals surface area contributed by atoms with Crippen molar-refractivity contribution in [2.45, 2.75) is 30.8 Å². The molecule has 2 fully saturated rings. The van der Waals surface area contributed by atoms with Crippen LogP contribution in [0.1, 0.15) is 25.0 Å². The van der Waals surface area contributed by atoms with Crippen LogP contribution in [0.5, 0.6) is 0 Å². The number of aliphatic carboxylic acids is 1. The maximum atomic E-state index is 12.7. The molecule has 1 aromatic heterocycles. The molecule has 1 aromatic rings. The summed E-state index contributed by atoms with van der Waals surface area (Å²) >= 11 is 1.00. The minimum absolute atomic E-state index is 0.0131. The fourth-order valence-corrected chi connectivity index (χ4v) is 3.98. The predicted molar refractivity (Wildman–Crippen MR) is 98.9 cm³/mol. The van der Waals surface area contributed by atoms with Gasteiger partial charge in [-0.05, 0) is 19.3 Å². The van der Waals surface area contributed by atoms with Gasteiger partial charge in [-0.25, -0.2) is 9.78 Å². The molecular formula is C14H15N5O9S2. The minimum Gasteiger partial charge on any atom is -0.478 e. The number of oxime groups is 1. The molecule has 1 aliphatic carbocycles. The number of amides is 2. The number of carbonyl (C=O) groups excluding carboxylic acids is 2. The summed E-state index contributed by atoms with van der Waals surface area (Å²) < 4.78 is 35.1. The number of hydrogen-bond donors (Lipinski definition) is 4. The zero-order chi connectivity index (χ0) is 22.1. The first-order chi connectivity index (χ1) is 14.0. The maximum absolute atomic E-state index is 12.7. The highest BCUT2D eigenvalue weighted by molar-refractivity contribution is 7.80. The van der Waals surface area contributed by atoms with Crippen molar-refractivity contribution in [1.82, 2.24) is 15.4 Å². The van der Waals surface area contributed by atoms with Crippen molar-refractivity contribution in [3.05, 3.63) is 23.4 Å². The number of aromatic nitrogens is 1. The largest absolute Gasteiger partial charge is 0.478 e. The van der Waals surface area contributed by atoms with Crippen molar-refractivity contribution in [3.8, 4) is 0 Å². The second-order valence-corrected chi connectivity index (χ2v) is 8.15. The van der Waals surface area contributed by atoms with Crippen LogP contribution in [0.25, 0.3) is 0 Å². The quantitative estimate of drug-likeness (QED) is 0.0923. The van der Waals surface area contributed by atoms with Gasteiger partial charge in [0.15, 0.2) is 10.8 Å². The Balaban J connectivity index is 1.79. The van der Waals surface area contributed by atoms with E-state index in [9.17, 15) is 22.8 Å². The van der Waals surface area contributed by atoms with Gasteiger partial charge in [-0.3, -0.25) is 14.1 Å². The lowest BCUT2D eigenvalue weighted by molar-refractivity contribution is -0.243. The molecule has 1 aliphatic heterocycles. The molecular weight excluding hydrogens is 446 g/mol. The molecule has 0 aromatic carbocycles. The molecule has 14 nitrogen and oxygen atoms in total. The Labute approximate surface area is 172 Å². The van der Waals surface area contributed by atoms with E-state index in [-0.39, 0.29) is 10.8 Å². The average molecular weight is 461 g/mol. The monoisotopic (exact) mass is 461 g/mol. The highest BCUT2D eigenvalue weighted by atomic mass is 32.3. The predicted octanol–water partition coefficient (Wildman–Crippen LogP) is -0.972. The lowest BCUT2D eigenvalue weighted by Gasteiger charge is -2.59. The zero-order valence-electron chi connectivity index (χ0n) is 14.9. The van der Waals surface area contributed by atoms with E-state index in [2.05, 4.69) is 24.6 Å². The van der Waals surface area contributed by atoms with Crippen LogP contribution < -0.4 is 11.1 Å². The van der Waals surface area contributed by atoms with Crippen molar-refractivity contribution < 1.29 is 41.6 Å². The van der Waals surface area contributed by atoms with Gasteiger partial charge in [0.2, 0.25) is 0 Å². The number of carbonyl (C=O) groups is 3. The molecule has 2 aliphatic rings. The van der Waals surface area contributed by atoms with Crippen molar-refractivity contribution in [3.63, 3.8) is 0 Å². The van der Waals surface area contributed by atoms with E-state index in [1.54, 1.807) is 0 Å². The first-order valence-electron chi connectivity index (χ1n) is 8.20. The number of β-lactam (4-membered cyclic amide) rings is 1. The summed E-state index contributed by atoms with van der Waals surface area (Å²) in [6.45, 7) is 0. The topological polar surface area (TPSA) is 211 Å². The van der Waals surface area contributed by atoms with Crippen molar-refractivity contribution in [1.29, 1.82) is 0 Å². The van der Waals surface area contributed by atoms with Crippen molar-refractivity contribution in [2.75, 3.05) is 5.73 Å². The second-order valence-electron chi connectivity index (χ2n) is 6.26. The summed E-state index contributed by atoms with van der Waals surface area (Å²) in [6, 6.07) is -1.14. The first-order valence-corrected chi connectivity index (χ1v) is 10.4. The fraction of sp³-hybridized carbons (Fsp3) is 0.357. The van der Waals surface area contributed by atoms with Crippen molar-refractivity contribution in [2.24, 2.45) is 5.16 Å². The van der Waals surface area contributed by atoms with Gasteiger partial charge in [-0.1, -0.05) is 5.16 Å². The van der Waals surface area contributed by atoms with Gasteiger partial charge in [0, 0.05) is 5.38 Å². The summed E-state index contributed by atoms with van der Waals surface area (Å²) in [5, 5.41) is 16.6. The van der Waals surface area contributed by atoms with Crippen molar-refractivity contribution >= 4 is 50.4 Å². The average Bonchev–Trinajstić information content (AvgIpc) is 3.03. The molecule has 2 heterocycles. The molecule has 0 radical (unpaired) electrons.